The largest absolute Gasteiger partial charge is 0.366 e. The van der Waals surface area contributed by atoms with Crippen LogP contribution in [0.15, 0.2) is 0 Å². The molecule has 2 heteroatoms. The highest BCUT2D eigenvalue weighted by atomic mass is 16.5. The molecule has 0 aliphatic carbocycles. The number of hydrogen-bond donors (Lipinski definition) is 2. The van der Waals surface area contributed by atoms with E-state index in [0.29, 0.717) is 0 Å². The molecule has 0 unspecified atom stereocenters. The molecular weight excluding hydrogens is 68.0 g/mol. The van der Waals surface area contributed by atoms with E-state index < -0.39 is 5.79 Å². The van der Waals surface area contributed by atoms with Gasteiger partial charge >= 0.3 is 0 Å². The highest BCUT2D eigenvalue weighted by Gasteiger charge is 2.00. The highest BCUT2D eigenvalue weighted by Crippen LogP contribution is 1.87. The molecule has 0 aromatic rings. The van der Waals surface area contributed by atoms with E-state index in [1.54, 1.807) is 0 Å². The second kappa shape index (κ2) is 0.954. The third-order valence-corrected chi connectivity index (χ3v) is 0. The van der Waals surface area contributed by atoms with Gasteiger partial charge in [0.2, 0.25) is 0 Å². The van der Waals surface area contributed by atoms with Gasteiger partial charge in [0.25, 0.3) is 0 Å². The lowest BCUT2D eigenvalue weighted by Gasteiger charge is -2.03. The van der Waals surface area contributed by atoms with Crippen molar-refractivity contribution in [1.29, 1.82) is 0 Å². The molecule has 0 amide bonds. The summed E-state index contributed by atoms with van der Waals surface area (Å²) in [6.45, 7) is 4.07. The number of hydrogen-bond acceptors (Lipinski definition) is 2. The molecule has 0 bridgehead atoms. The van der Waals surface area contributed by atoms with Gasteiger partial charge in [-0.25, -0.2) is 0 Å². The third kappa shape index (κ3) is 2260. The lowest BCUT2D eigenvalue weighted by molar-refractivity contribution is -0.103. The first-order valence-corrected chi connectivity index (χ1v) is 1.30. The fourth-order valence-electron chi connectivity index (χ4n) is 0. The quantitative estimate of drug-likeness (QED) is 0.382. The Kier molecular flexibility index (Phi) is 0.938. The summed E-state index contributed by atoms with van der Waals surface area (Å²) in [7, 11) is 0. The summed E-state index contributed by atoms with van der Waals surface area (Å²) in [5.41, 5.74) is 0. The van der Waals surface area contributed by atoms with E-state index in [0.717, 1.165) is 0 Å². The summed E-state index contributed by atoms with van der Waals surface area (Å²) in [4.78, 5) is 0. The Labute approximate surface area is 31.1 Å². The monoisotopic (exact) mass is 75.0 g/mol. The predicted molar refractivity (Wildman–Crippen MR) is 18.2 cm³/mol. The first-order chi connectivity index (χ1) is 2.00. The summed E-state index contributed by atoms with van der Waals surface area (Å²) in [5.74, 6) is -1.75. The minimum absolute atomic E-state index is 1.19. The van der Waals surface area contributed by atoms with Crippen molar-refractivity contribution in [2.45, 2.75) is 12.7 Å². The van der Waals surface area contributed by atoms with Crippen molar-refractivity contribution in [1.82, 2.24) is 0 Å². The molecule has 2 N–H and O–H groups in total. The van der Waals surface area contributed by atoms with Gasteiger partial charge in [0, 0.05) is 6.92 Å². The zero-order chi connectivity index (χ0) is 4.50. The first kappa shape index (κ1) is 4.92. The Hall–Kier alpha value is -0.0800. The van der Waals surface area contributed by atoms with Crippen molar-refractivity contribution < 1.29 is 10.2 Å². The van der Waals surface area contributed by atoms with E-state index in [2.05, 4.69) is 6.92 Å². The topological polar surface area (TPSA) is 40.5 Å². The van der Waals surface area contributed by atoms with Crippen molar-refractivity contribution in [2.75, 3.05) is 0 Å². The molecule has 0 fully saturated rings. The summed E-state index contributed by atoms with van der Waals surface area (Å²) in [6, 6.07) is 0. The van der Waals surface area contributed by atoms with E-state index in [1.807, 2.05) is 0 Å². The van der Waals surface area contributed by atoms with Crippen molar-refractivity contribution in [2.24, 2.45) is 0 Å². The summed E-state index contributed by atoms with van der Waals surface area (Å²) in [5, 5.41) is 15.9. The van der Waals surface area contributed by atoms with Gasteiger partial charge in [-0.05, 0) is 6.92 Å². The van der Waals surface area contributed by atoms with Gasteiger partial charge < -0.3 is 10.2 Å². The Balaban J connectivity index is 3.02. The maximum atomic E-state index is 7.97. The van der Waals surface area contributed by atoms with Crippen LogP contribution in [0, 0.1) is 6.92 Å². The van der Waals surface area contributed by atoms with Crippen LogP contribution in [0.1, 0.15) is 6.92 Å². The predicted octanol–water partition coefficient (Wildman–Crippen LogP) is -0.479. The lowest BCUT2D eigenvalue weighted by Crippen LogP contribution is -2.16. The molecule has 5 heavy (non-hydrogen) atoms. The van der Waals surface area contributed by atoms with E-state index in [-0.39, 0.29) is 0 Å². The fraction of sp³-hybridized carbons (Fsp3) is 0.667. The van der Waals surface area contributed by atoms with Crippen LogP contribution in [0.4, 0.5) is 0 Å². The second-order valence-electron chi connectivity index (χ2n) is 1.22. The molecule has 0 aliphatic heterocycles. The molecule has 0 aliphatic rings. The van der Waals surface area contributed by atoms with E-state index >= 15 is 0 Å². The maximum absolute atomic E-state index is 7.97. The van der Waals surface area contributed by atoms with Crippen molar-refractivity contribution >= 4 is 0 Å². The van der Waals surface area contributed by atoms with Gasteiger partial charge in [0.15, 0.2) is 5.79 Å². The third-order valence-electron chi connectivity index (χ3n) is 0. The van der Waals surface area contributed by atoms with Crippen molar-refractivity contribution in [3.63, 3.8) is 0 Å². The van der Waals surface area contributed by atoms with Crippen LogP contribution in [-0.4, -0.2) is 16.0 Å². The first-order valence-electron chi connectivity index (χ1n) is 1.30. The molecule has 1 radical (unpaired) electrons. The zero-order valence-electron chi connectivity index (χ0n) is 3.10. The fourth-order valence-corrected chi connectivity index (χ4v) is 0. The molecule has 31 valence electrons. The zero-order valence-corrected chi connectivity index (χ0v) is 3.10. The van der Waals surface area contributed by atoms with Gasteiger partial charge in [-0.2, -0.15) is 0 Å². The maximum Gasteiger partial charge on any atom is 0.159 e. The average molecular weight is 75.1 g/mol. The van der Waals surface area contributed by atoms with Gasteiger partial charge in [0.05, 0.1) is 0 Å². The molecule has 0 aromatic heterocycles. The van der Waals surface area contributed by atoms with E-state index in [4.69, 9.17) is 10.2 Å². The average Bonchev–Trinajstić information content (AvgIpc) is 0.722. The van der Waals surface area contributed by atoms with E-state index in [9.17, 15) is 0 Å². The molecule has 0 atom stereocenters. The molecule has 2 nitrogen and oxygen atoms in total. The van der Waals surface area contributed by atoms with Gasteiger partial charge in [-0.1, -0.05) is 0 Å². The second-order valence-corrected chi connectivity index (χ2v) is 1.22. The highest BCUT2D eigenvalue weighted by molar-refractivity contribution is 4.54. The van der Waals surface area contributed by atoms with Crippen molar-refractivity contribution in [3.8, 4) is 0 Å². The van der Waals surface area contributed by atoms with Crippen LogP contribution in [-0.2, 0) is 0 Å². The molecule has 0 rings (SSSR count). The Bertz CT molecular complexity index is 20.4. The summed E-state index contributed by atoms with van der Waals surface area (Å²) >= 11 is 0. The lowest BCUT2D eigenvalue weighted by atomic mass is 10.4. The van der Waals surface area contributed by atoms with Crippen LogP contribution in [0.3, 0.4) is 0 Å². The van der Waals surface area contributed by atoms with Crippen LogP contribution in [0.5, 0.6) is 0 Å². The van der Waals surface area contributed by atoms with Gasteiger partial charge in [-0.15, -0.1) is 0 Å². The van der Waals surface area contributed by atoms with Gasteiger partial charge in [-0.3, -0.25) is 0 Å². The van der Waals surface area contributed by atoms with Crippen LogP contribution in [0.2, 0.25) is 0 Å². The number of rotatable bonds is 0. The number of aliphatic hydroxyl groups is 2. The smallest absolute Gasteiger partial charge is 0.159 e. The van der Waals surface area contributed by atoms with E-state index in [1.165, 1.54) is 6.92 Å². The normalized spacial score (nSPS) is 12.0. The molecule has 0 saturated carbocycles. The Morgan fingerprint density at radius 3 is 1.60 bits per heavy atom. The molecular formula is C3H7O2. The van der Waals surface area contributed by atoms with Crippen LogP contribution < -0.4 is 0 Å². The SMILES string of the molecule is [CH2]C(C)(O)O. The van der Waals surface area contributed by atoms with Gasteiger partial charge in [0.1, 0.15) is 0 Å². The van der Waals surface area contributed by atoms with Crippen LogP contribution >= 0.6 is 0 Å². The Morgan fingerprint density at radius 1 is 1.60 bits per heavy atom. The Morgan fingerprint density at radius 2 is 1.60 bits per heavy atom. The minimum Gasteiger partial charge on any atom is -0.366 e. The molecule has 0 spiro atoms. The van der Waals surface area contributed by atoms with Crippen LogP contribution in [0.25, 0.3) is 0 Å². The van der Waals surface area contributed by atoms with Crippen molar-refractivity contribution in [3.05, 3.63) is 6.92 Å². The summed E-state index contributed by atoms with van der Waals surface area (Å²) in [6.07, 6.45) is 0. The minimum atomic E-state index is -1.75. The summed E-state index contributed by atoms with van der Waals surface area (Å²) < 4.78 is 0. The molecule has 0 aromatic carbocycles. The molecule has 0 saturated heterocycles. The standard InChI is InChI=1S/C3H7O2/c1-3(2,4)5/h4-5H,1H2,2H3. The molecule has 0 heterocycles.